The molecule has 2 heterocycles. The minimum atomic E-state index is -0.325. The van der Waals surface area contributed by atoms with Gasteiger partial charge in [0.15, 0.2) is 0 Å². The molecule has 1 aromatic heterocycles. The van der Waals surface area contributed by atoms with Crippen LogP contribution in [0.2, 0.25) is 0 Å². The standard InChI is InChI=1S/C19H26N4O3/c20-23(18(25)19(7-8-19)13-4-5-13)16-17(24)22(10-12-2-1-3-12)15-6-9-26-11-14(15)21-16/h12-13H,1-11,20H2. The van der Waals surface area contributed by atoms with E-state index in [0.29, 0.717) is 38.0 Å². The van der Waals surface area contributed by atoms with Crippen molar-refractivity contribution in [1.29, 1.82) is 0 Å². The van der Waals surface area contributed by atoms with E-state index >= 15 is 0 Å². The Morgan fingerprint density at radius 1 is 1.31 bits per heavy atom. The highest BCUT2D eigenvalue weighted by molar-refractivity contribution is 5.98. The van der Waals surface area contributed by atoms with Crippen LogP contribution in [0.4, 0.5) is 5.82 Å². The Bertz CT molecular complexity index is 806. The van der Waals surface area contributed by atoms with E-state index in [4.69, 9.17) is 10.6 Å². The fraction of sp³-hybridized carbons (Fsp3) is 0.737. The van der Waals surface area contributed by atoms with Crippen molar-refractivity contribution in [1.82, 2.24) is 9.55 Å². The molecule has 7 nitrogen and oxygen atoms in total. The van der Waals surface area contributed by atoms with Crippen molar-refractivity contribution >= 4 is 11.7 Å². The Hall–Kier alpha value is -1.73. The van der Waals surface area contributed by atoms with E-state index in [-0.39, 0.29) is 22.7 Å². The van der Waals surface area contributed by atoms with Crippen molar-refractivity contribution in [2.75, 3.05) is 11.6 Å². The molecule has 4 aliphatic rings. The second-order valence-electron chi connectivity index (χ2n) is 8.45. The first kappa shape index (κ1) is 16.4. The SMILES string of the molecule is NN(C(=O)C1(C2CC2)CC1)c1nc2c(n(CC3CCC3)c1=O)CCOC2. The van der Waals surface area contributed by atoms with E-state index in [1.807, 2.05) is 4.57 Å². The summed E-state index contributed by atoms with van der Waals surface area (Å²) in [5.74, 6) is 7.11. The molecule has 3 aliphatic carbocycles. The number of rotatable bonds is 5. The average Bonchev–Trinajstić information content (AvgIpc) is 3.49. The predicted molar refractivity (Wildman–Crippen MR) is 95.3 cm³/mol. The Balaban J connectivity index is 1.52. The molecule has 26 heavy (non-hydrogen) atoms. The van der Waals surface area contributed by atoms with Gasteiger partial charge in [0.25, 0.3) is 5.56 Å². The normalized spacial score (nSPS) is 23.9. The zero-order chi connectivity index (χ0) is 17.9. The second kappa shape index (κ2) is 5.89. The lowest BCUT2D eigenvalue weighted by Crippen LogP contribution is -2.48. The van der Waals surface area contributed by atoms with Gasteiger partial charge in [0.2, 0.25) is 11.7 Å². The molecule has 7 heteroatoms. The van der Waals surface area contributed by atoms with Crippen molar-refractivity contribution in [3.05, 3.63) is 21.7 Å². The average molecular weight is 358 g/mol. The van der Waals surface area contributed by atoms with Crippen LogP contribution in [-0.4, -0.2) is 22.1 Å². The summed E-state index contributed by atoms with van der Waals surface area (Å²) < 4.78 is 7.36. The molecule has 2 N–H and O–H groups in total. The predicted octanol–water partition coefficient (Wildman–Crippen LogP) is 1.51. The van der Waals surface area contributed by atoms with Crippen LogP contribution in [-0.2, 0) is 29.1 Å². The van der Waals surface area contributed by atoms with Gasteiger partial charge in [-0.1, -0.05) is 6.42 Å². The third-order valence-corrected chi connectivity index (χ3v) is 6.74. The largest absolute Gasteiger partial charge is 0.375 e. The molecule has 0 unspecified atom stereocenters. The van der Waals surface area contributed by atoms with Gasteiger partial charge in [-0.3, -0.25) is 9.59 Å². The Kier molecular flexibility index (Phi) is 3.72. The number of anilines is 1. The Labute approximate surface area is 152 Å². The van der Waals surface area contributed by atoms with E-state index in [1.54, 1.807) is 0 Å². The number of hydrogen-bond acceptors (Lipinski definition) is 5. The van der Waals surface area contributed by atoms with E-state index in [0.717, 1.165) is 54.9 Å². The van der Waals surface area contributed by atoms with E-state index in [2.05, 4.69) is 4.98 Å². The molecule has 140 valence electrons. The summed E-state index contributed by atoms with van der Waals surface area (Å²) in [6, 6.07) is 0. The maximum Gasteiger partial charge on any atom is 0.295 e. The zero-order valence-corrected chi connectivity index (χ0v) is 15.1. The van der Waals surface area contributed by atoms with E-state index in [1.165, 1.54) is 6.42 Å². The van der Waals surface area contributed by atoms with Crippen molar-refractivity contribution in [3.63, 3.8) is 0 Å². The van der Waals surface area contributed by atoms with Crippen molar-refractivity contribution in [2.45, 2.75) is 64.5 Å². The number of nitrogens with zero attached hydrogens (tertiary/aromatic N) is 3. The lowest BCUT2D eigenvalue weighted by molar-refractivity contribution is -0.124. The molecule has 0 bridgehead atoms. The van der Waals surface area contributed by atoms with Crippen LogP contribution < -0.4 is 16.4 Å². The lowest BCUT2D eigenvalue weighted by Gasteiger charge is -2.30. The van der Waals surface area contributed by atoms with Crippen molar-refractivity contribution in [2.24, 2.45) is 23.1 Å². The number of hydrazine groups is 1. The number of amides is 1. The van der Waals surface area contributed by atoms with Crippen LogP contribution in [0.5, 0.6) is 0 Å². The van der Waals surface area contributed by atoms with Gasteiger partial charge < -0.3 is 9.30 Å². The molecule has 0 saturated heterocycles. The summed E-state index contributed by atoms with van der Waals surface area (Å²) in [6.07, 6.45) is 8.19. The molecule has 0 radical (unpaired) electrons. The topological polar surface area (TPSA) is 90.5 Å². The van der Waals surface area contributed by atoms with Crippen LogP contribution in [0.3, 0.4) is 0 Å². The summed E-state index contributed by atoms with van der Waals surface area (Å²) in [7, 11) is 0. The Morgan fingerprint density at radius 2 is 2.08 bits per heavy atom. The second-order valence-corrected chi connectivity index (χ2v) is 8.45. The fourth-order valence-corrected chi connectivity index (χ4v) is 4.56. The molecular weight excluding hydrogens is 332 g/mol. The van der Waals surface area contributed by atoms with E-state index < -0.39 is 0 Å². The summed E-state index contributed by atoms with van der Waals surface area (Å²) in [5, 5.41) is 1.06. The molecule has 5 rings (SSSR count). The molecule has 3 saturated carbocycles. The third-order valence-electron chi connectivity index (χ3n) is 6.74. The zero-order valence-electron chi connectivity index (χ0n) is 15.1. The highest BCUT2D eigenvalue weighted by Crippen LogP contribution is 2.62. The summed E-state index contributed by atoms with van der Waals surface area (Å²) in [5.41, 5.74) is 1.17. The molecule has 0 spiro atoms. The number of carbonyl (C=O) groups is 1. The van der Waals surface area contributed by atoms with Gasteiger partial charge in [0.05, 0.1) is 24.3 Å². The minimum absolute atomic E-state index is 0.0745. The van der Waals surface area contributed by atoms with Crippen LogP contribution in [0.25, 0.3) is 0 Å². The molecule has 3 fully saturated rings. The quantitative estimate of drug-likeness (QED) is 0.489. The summed E-state index contributed by atoms with van der Waals surface area (Å²) >= 11 is 0. The first-order chi connectivity index (χ1) is 12.6. The molecule has 1 aromatic rings. The summed E-state index contributed by atoms with van der Waals surface area (Å²) in [6.45, 7) is 1.68. The molecular formula is C19H26N4O3. The number of aromatic nitrogens is 2. The number of nitrogens with two attached hydrogens (primary N) is 1. The fourth-order valence-electron chi connectivity index (χ4n) is 4.56. The van der Waals surface area contributed by atoms with Crippen molar-refractivity contribution in [3.8, 4) is 0 Å². The van der Waals surface area contributed by atoms with Crippen LogP contribution in [0.1, 0.15) is 56.3 Å². The number of carbonyl (C=O) groups excluding carboxylic acids is 1. The van der Waals surface area contributed by atoms with Gasteiger partial charge in [-0.15, -0.1) is 0 Å². The van der Waals surface area contributed by atoms with Crippen LogP contribution in [0.15, 0.2) is 4.79 Å². The first-order valence-electron chi connectivity index (χ1n) is 9.90. The third kappa shape index (κ3) is 2.52. The van der Waals surface area contributed by atoms with Gasteiger partial charge in [0.1, 0.15) is 0 Å². The Morgan fingerprint density at radius 3 is 2.69 bits per heavy atom. The van der Waals surface area contributed by atoms with Gasteiger partial charge in [-0.05, 0) is 50.4 Å². The highest BCUT2D eigenvalue weighted by Gasteiger charge is 2.60. The maximum atomic E-state index is 13.2. The highest BCUT2D eigenvalue weighted by atomic mass is 16.5. The molecule has 0 aromatic carbocycles. The van der Waals surface area contributed by atoms with Crippen LogP contribution >= 0.6 is 0 Å². The number of fused-ring (bicyclic) bond motifs is 1. The monoisotopic (exact) mass is 358 g/mol. The first-order valence-corrected chi connectivity index (χ1v) is 9.90. The summed E-state index contributed by atoms with van der Waals surface area (Å²) in [4.78, 5) is 30.7. The molecule has 1 amide bonds. The lowest BCUT2D eigenvalue weighted by atomic mass is 9.85. The van der Waals surface area contributed by atoms with Crippen molar-refractivity contribution < 1.29 is 9.53 Å². The number of ether oxygens (including phenoxy) is 1. The van der Waals surface area contributed by atoms with Gasteiger partial charge in [-0.25, -0.2) is 15.8 Å². The maximum absolute atomic E-state index is 13.2. The number of hydrogen-bond donors (Lipinski definition) is 1. The van der Waals surface area contributed by atoms with Gasteiger partial charge in [-0.2, -0.15) is 0 Å². The van der Waals surface area contributed by atoms with Crippen LogP contribution in [0, 0.1) is 17.3 Å². The van der Waals surface area contributed by atoms with Gasteiger partial charge in [0, 0.05) is 18.7 Å². The van der Waals surface area contributed by atoms with Gasteiger partial charge >= 0.3 is 0 Å². The minimum Gasteiger partial charge on any atom is -0.375 e. The smallest absolute Gasteiger partial charge is 0.295 e. The molecule has 0 atom stereocenters. The van der Waals surface area contributed by atoms with E-state index in [9.17, 15) is 9.59 Å². The molecule has 1 aliphatic heterocycles.